The zero-order valence-corrected chi connectivity index (χ0v) is 13.6. The smallest absolute Gasteiger partial charge is 0.170 e. The number of methoxy groups -OCH3 is 1. The highest BCUT2D eigenvalue weighted by Crippen LogP contribution is 2.28. The highest BCUT2D eigenvalue weighted by atomic mass is 32.2. The van der Waals surface area contributed by atoms with Crippen molar-refractivity contribution in [1.82, 2.24) is 4.90 Å². The molecule has 2 unspecified atom stereocenters. The van der Waals surface area contributed by atoms with Gasteiger partial charge in [-0.05, 0) is 18.2 Å². The van der Waals surface area contributed by atoms with Crippen LogP contribution in [0.5, 0.6) is 5.75 Å². The van der Waals surface area contributed by atoms with E-state index in [-0.39, 0.29) is 5.84 Å². The summed E-state index contributed by atoms with van der Waals surface area (Å²) in [5.74, 6) is 0.956. The fourth-order valence-corrected chi connectivity index (χ4v) is 4.16. The molecule has 5 nitrogen and oxygen atoms in total. The van der Waals surface area contributed by atoms with E-state index in [0.717, 1.165) is 30.9 Å². The van der Waals surface area contributed by atoms with E-state index in [2.05, 4.69) is 23.9 Å². The quantitative estimate of drug-likeness (QED) is 0.386. The standard InChI is InChI=1S/C15H23N3O2S/c1-10-7-18(8-11(2)21-10)9-13-6-12(15(16)17-19)4-5-14(13)20-3/h4-6,10-11,19H,7-9H2,1-3H3,(H2,16,17). The maximum Gasteiger partial charge on any atom is 0.170 e. The Hall–Kier alpha value is -1.40. The van der Waals surface area contributed by atoms with E-state index >= 15 is 0 Å². The zero-order chi connectivity index (χ0) is 15.4. The van der Waals surface area contributed by atoms with Crippen molar-refractivity contribution in [3.63, 3.8) is 0 Å². The summed E-state index contributed by atoms with van der Waals surface area (Å²) in [6.45, 7) is 7.46. The Morgan fingerprint density at radius 3 is 2.67 bits per heavy atom. The zero-order valence-electron chi connectivity index (χ0n) is 12.7. The number of nitrogens with zero attached hydrogens (tertiary/aromatic N) is 2. The van der Waals surface area contributed by atoms with Gasteiger partial charge in [0.15, 0.2) is 5.84 Å². The molecule has 0 saturated carbocycles. The molecule has 1 fully saturated rings. The fraction of sp³-hybridized carbons (Fsp3) is 0.533. The van der Waals surface area contributed by atoms with Gasteiger partial charge < -0.3 is 15.7 Å². The van der Waals surface area contributed by atoms with Gasteiger partial charge in [-0.15, -0.1) is 0 Å². The molecule has 6 heteroatoms. The predicted octanol–water partition coefficient (Wildman–Crippen LogP) is 2.12. The normalized spacial score (nSPS) is 24.0. The maximum atomic E-state index is 8.82. The number of hydrogen-bond acceptors (Lipinski definition) is 5. The molecule has 1 aromatic carbocycles. The third-order valence-electron chi connectivity index (χ3n) is 3.57. The molecular formula is C15H23N3O2S. The molecule has 0 amide bonds. The van der Waals surface area contributed by atoms with Gasteiger partial charge in [-0.3, -0.25) is 4.90 Å². The Bertz CT molecular complexity index is 512. The first-order chi connectivity index (χ1) is 10.0. The second-order valence-electron chi connectivity index (χ2n) is 5.46. The summed E-state index contributed by atoms with van der Waals surface area (Å²) in [5, 5.41) is 13.1. The average Bonchev–Trinajstić information content (AvgIpc) is 2.45. The van der Waals surface area contributed by atoms with Gasteiger partial charge in [-0.2, -0.15) is 11.8 Å². The summed E-state index contributed by atoms with van der Waals surface area (Å²) in [5.41, 5.74) is 7.45. The summed E-state index contributed by atoms with van der Waals surface area (Å²) < 4.78 is 5.43. The molecular weight excluding hydrogens is 286 g/mol. The van der Waals surface area contributed by atoms with Crippen LogP contribution in [0.4, 0.5) is 0 Å². The molecule has 0 aliphatic carbocycles. The number of ether oxygens (including phenoxy) is 1. The number of benzene rings is 1. The summed E-state index contributed by atoms with van der Waals surface area (Å²) in [6, 6.07) is 5.61. The number of thioether (sulfide) groups is 1. The van der Waals surface area contributed by atoms with Gasteiger partial charge in [-0.25, -0.2) is 0 Å². The average molecular weight is 309 g/mol. The highest BCUT2D eigenvalue weighted by Gasteiger charge is 2.23. The number of oxime groups is 1. The van der Waals surface area contributed by atoms with Crippen LogP contribution < -0.4 is 10.5 Å². The topological polar surface area (TPSA) is 71.1 Å². The number of rotatable bonds is 4. The number of amidine groups is 1. The van der Waals surface area contributed by atoms with Crippen molar-refractivity contribution in [3.8, 4) is 5.75 Å². The SMILES string of the molecule is COc1ccc(/C(N)=N/O)cc1CN1CC(C)SC(C)C1. The highest BCUT2D eigenvalue weighted by molar-refractivity contribution is 8.00. The molecule has 2 atom stereocenters. The molecule has 116 valence electrons. The van der Waals surface area contributed by atoms with Crippen molar-refractivity contribution < 1.29 is 9.94 Å². The third-order valence-corrected chi connectivity index (χ3v) is 4.80. The van der Waals surface area contributed by atoms with E-state index in [9.17, 15) is 0 Å². The summed E-state index contributed by atoms with van der Waals surface area (Å²) in [7, 11) is 1.67. The largest absolute Gasteiger partial charge is 0.496 e. The van der Waals surface area contributed by atoms with Crippen molar-refractivity contribution in [3.05, 3.63) is 29.3 Å². The van der Waals surface area contributed by atoms with Crippen molar-refractivity contribution in [2.24, 2.45) is 10.9 Å². The molecule has 0 radical (unpaired) electrons. The molecule has 0 aromatic heterocycles. The Kier molecular flexibility index (Phi) is 5.36. The van der Waals surface area contributed by atoms with E-state index in [1.54, 1.807) is 13.2 Å². The lowest BCUT2D eigenvalue weighted by atomic mass is 10.1. The molecule has 1 aliphatic heterocycles. The van der Waals surface area contributed by atoms with Crippen LogP contribution in [0.25, 0.3) is 0 Å². The van der Waals surface area contributed by atoms with Gasteiger partial charge in [-0.1, -0.05) is 19.0 Å². The van der Waals surface area contributed by atoms with E-state index in [1.807, 2.05) is 23.9 Å². The summed E-state index contributed by atoms with van der Waals surface area (Å²) in [4.78, 5) is 2.43. The van der Waals surface area contributed by atoms with Crippen LogP contribution in [0.15, 0.2) is 23.4 Å². The predicted molar refractivity (Wildman–Crippen MR) is 87.3 cm³/mol. The second kappa shape index (κ2) is 7.04. The lowest BCUT2D eigenvalue weighted by Crippen LogP contribution is -2.39. The van der Waals surface area contributed by atoms with Gasteiger partial charge in [0.1, 0.15) is 5.75 Å². The minimum atomic E-state index is 0.120. The van der Waals surface area contributed by atoms with Gasteiger partial charge in [0.25, 0.3) is 0 Å². The monoisotopic (exact) mass is 309 g/mol. The first-order valence-electron chi connectivity index (χ1n) is 7.06. The molecule has 1 saturated heterocycles. The van der Waals surface area contributed by atoms with Crippen LogP contribution in [0.3, 0.4) is 0 Å². The van der Waals surface area contributed by atoms with Crippen molar-refractivity contribution in [2.45, 2.75) is 30.9 Å². The van der Waals surface area contributed by atoms with Crippen molar-refractivity contribution in [1.29, 1.82) is 0 Å². The molecule has 1 heterocycles. The number of nitrogens with two attached hydrogens (primary N) is 1. The lowest BCUT2D eigenvalue weighted by Gasteiger charge is -2.34. The minimum absolute atomic E-state index is 0.120. The van der Waals surface area contributed by atoms with Gasteiger partial charge >= 0.3 is 0 Å². The van der Waals surface area contributed by atoms with Gasteiger partial charge in [0.2, 0.25) is 0 Å². The van der Waals surface area contributed by atoms with Crippen LogP contribution in [0.1, 0.15) is 25.0 Å². The van der Waals surface area contributed by atoms with E-state index in [0.29, 0.717) is 16.1 Å². The Morgan fingerprint density at radius 1 is 1.43 bits per heavy atom. The summed E-state index contributed by atoms with van der Waals surface area (Å²) in [6.07, 6.45) is 0. The fourth-order valence-electron chi connectivity index (χ4n) is 2.77. The molecule has 3 N–H and O–H groups in total. The van der Waals surface area contributed by atoms with Crippen molar-refractivity contribution >= 4 is 17.6 Å². The van der Waals surface area contributed by atoms with E-state index in [4.69, 9.17) is 15.7 Å². The van der Waals surface area contributed by atoms with Crippen LogP contribution in [0, 0.1) is 0 Å². The maximum absolute atomic E-state index is 8.82. The molecule has 0 bridgehead atoms. The third kappa shape index (κ3) is 4.04. The molecule has 2 rings (SSSR count). The Morgan fingerprint density at radius 2 is 2.10 bits per heavy atom. The second-order valence-corrected chi connectivity index (χ2v) is 7.34. The molecule has 0 spiro atoms. The van der Waals surface area contributed by atoms with E-state index in [1.165, 1.54) is 0 Å². The molecule has 1 aliphatic rings. The lowest BCUT2D eigenvalue weighted by molar-refractivity contribution is 0.258. The van der Waals surface area contributed by atoms with Gasteiger partial charge in [0.05, 0.1) is 7.11 Å². The Labute approximate surface area is 130 Å². The van der Waals surface area contributed by atoms with Crippen LogP contribution >= 0.6 is 11.8 Å². The first-order valence-corrected chi connectivity index (χ1v) is 8.00. The minimum Gasteiger partial charge on any atom is -0.496 e. The van der Waals surface area contributed by atoms with Crippen LogP contribution in [-0.4, -0.2) is 46.6 Å². The van der Waals surface area contributed by atoms with E-state index < -0.39 is 0 Å². The van der Waals surface area contributed by atoms with Crippen LogP contribution in [-0.2, 0) is 6.54 Å². The van der Waals surface area contributed by atoms with Crippen LogP contribution in [0.2, 0.25) is 0 Å². The molecule has 21 heavy (non-hydrogen) atoms. The first kappa shape index (κ1) is 16.0. The van der Waals surface area contributed by atoms with Crippen molar-refractivity contribution in [2.75, 3.05) is 20.2 Å². The summed E-state index contributed by atoms with van der Waals surface area (Å²) >= 11 is 2.03. The Balaban J connectivity index is 2.21. The molecule has 1 aromatic rings. The number of hydrogen-bond donors (Lipinski definition) is 2. The van der Waals surface area contributed by atoms with Gasteiger partial charge in [0, 0.05) is 41.3 Å².